The molecule has 0 unspecified atom stereocenters. The molecule has 0 radical (unpaired) electrons. The zero-order valence-corrected chi connectivity index (χ0v) is 21.0. The Labute approximate surface area is 197 Å². The molecule has 0 fully saturated rings. The van der Waals surface area contributed by atoms with Crippen LogP contribution in [0, 0.1) is 29.6 Å². The SMILES string of the molecule is CC(C)CN(CC(C)C)C(=O)[C@H](CC#CC(=O)C(C)C)NS(=O)(=O)c1ccc2occc2c1. The Bertz CT molecular complexity index is 1130. The first-order valence-electron chi connectivity index (χ1n) is 11.2. The quantitative estimate of drug-likeness (QED) is 0.417. The maximum Gasteiger partial charge on any atom is 0.241 e. The molecule has 0 saturated carbocycles. The Hall–Kier alpha value is -2.63. The summed E-state index contributed by atoms with van der Waals surface area (Å²) in [6, 6.07) is 5.07. The van der Waals surface area contributed by atoms with E-state index < -0.39 is 16.1 Å². The van der Waals surface area contributed by atoms with Crippen molar-refractivity contribution < 1.29 is 22.4 Å². The molecule has 180 valence electrons. The third-order valence-electron chi connectivity index (χ3n) is 4.85. The molecule has 2 rings (SSSR count). The number of Topliss-reactive ketones (excluding diaryl/α,β-unsaturated/α-hetero) is 1. The summed E-state index contributed by atoms with van der Waals surface area (Å²) in [5, 5.41) is 0.643. The lowest BCUT2D eigenvalue weighted by Crippen LogP contribution is -2.50. The lowest BCUT2D eigenvalue weighted by Gasteiger charge is -2.30. The first kappa shape index (κ1) is 26.6. The van der Waals surface area contributed by atoms with Gasteiger partial charge in [-0.05, 0) is 42.0 Å². The fraction of sp³-hybridized carbons (Fsp3) is 0.520. The molecule has 0 aliphatic carbocycles. The summed E-state index contributed by atoms with van der Waals surface area (Å²) in [5.74, 6) is 4.80. The number of nitrogens with zero attached hydrogens (tertiary/aromatic N) is 1. The van der Waals surface area contributed by atoms with Gasteiger partial charge in [0.05, 0.1) is 11.2 Å². The van der Waals surface area contributed by atoms with Crippen LogP contribution in [0.15, 0.2) is 39.8 Å². The zero-order valence-electron chi connectivity index (χ0n) is 20.2. The second-order valence-corrected chi connectivity index (χ2v) is 11.1. The van der Waals surface area contributed by atoms with Crippen molar-refractivity contribution in [2.75, 3.05) is 13.1 Å². The van der Waals surface area contributed by atoms with Crippen molar-refractivity contribution in [3.63, 3.8) is 0 Å². The summed E-state index contributed by atoms with van der Waals surface area (Å²) >= 11 is 0. The third-order valence-corrected chi connectivity index (χ3v) is 6.32. The van der Waals surface area contributed by atoms with E-state index >= 15 is 0 Å². The molecule has 0 saturated heterocycles. The van der Waals surface area contributed by atoms with Crippen LogP contribution in [0.4, 0.5) is 0 Å². The van der Waals surface area contributed by atoms with Gasteiger partial charge in [-0.3, -0.25) is 9.59 Å². The molecule has 1 aromatic carbocycles. The average molecular weight is 475 g/mol. The van der Waals surface area contributed by atoms with E-state index in [4.69, 9.17) is 4.42 Å². The molecule has 0 aliphatic rings. The molecule has 0 spiro atoms. The molecule has 8 heteroatoms. The number of hydrogen-bond acceptors (Lipinski definition) is 5. The number of fused-ring (bicyclic) bond motifs is 1. The van der Waals surface area contributed by atoms with Gasteiger partial charge in [-0.2, -0.15) is 4.72 Å². The van der Waals surface area contributed by atoms with Gasteiger partial charge in [-0.15, -0.1) is 0 Å². The van der Waals surface area contributed by atoms with Gasteiger partial charge in [0.1, 0.15) is 11.6 Å². The molecule has 1 N–H and O–H groups in total. The smallest absolute Gasteiger partial charge is 0.241 e. The van der Waals surface area contributed by atoms with E-state index in [0.29, 0.717) is 24.1 Å². The van der Waals surface area contributed by atoms with Gasteiger partial charge in [-0.1, -0.05) is 47.5 Å². The summed E-state index contributed by atoms with van der Waals surface area (Å²) in [6.45, 7) is 12.5. The number of benzene rings is 1. The molecule has 0 aliphatic heterocycles. The zero-order chi connectivity index (χ0) is 24.8. The molecular formula is C25H34N2O5S. The van der Waals surface area contributed by atoms with Gasteiger partial charge >= 0.3 is 0 Å². The maximum absolute atomic E-state index is 13.4. The summed E-state index contributed by atoms with van der Waals surface area (Å²) in [5.41, 5.74) is 0.569. The number of rotatable bonds is 10. The monoisotopic (exact) mass is 474 g/mol. The molecular weight excluding hydrogens is 440 g/mol. The third kappa shape index (κ3) is 7.72. The second-order valence-electron chi connectivity index (χ2n) is 9.35. The summed E-state index contributed by atoms with van der Waals surface area (Å²) in [7, 11) is -4.02. The highest BCUT2D eigenvalue weighted by Crippen LogP contribution is 2.20. The summed E-state index contributed by atoms with van der Waals surface area (Å²) < 4.78 is 34.1. The molecule has 1 heterocycles. The van der Waals surface area contributed by atoms with Gasteiger partial charge in [0.15, 0.2) is 0 Å². The molecule has 33 heavy (non-hydrogen) atoms. The molecule has 1 aromatic heterocycles. The number of amides is 1. The first-order chi connectivity index (χ1) is 15.4. The largest absolute Gasteiger partial charge is 0.464 e. The van der Waals surface area contributed by atoms with Crippen molar-refractivity contribution in [3.05, 3.63) is 30.5 Å². The van der Waals surface area contributed by atoms with Crippen molar-refractivity contribution in [1.29, 1.82) is 0 Å². The van der Waals surface area contributed by atoms with E-state index in [-0.39, 0.29) is 40.8 Å². The molecule has 1 amide bonds. The van der Waals surface area contributed by atoms with E-state index in [2.05, 4.69) is 16.6 Å². The van der Waals surface area contributed by atoms with Crippen molar-refractivity contribution in [2.24, 2.45) is 17.8 Å². The highest BCUT2D eigenvalue weighted by Gasteiger charge is 2.30. The number of nitrogens with one attached hydrogen (secondary N) is 1. The lowest BCUT2D eigenvalue weighted by molar-refractivity contribution is -0.134. The average Bonchev–Trinajstić information content (AvgIpc) is 3.19. The van der Waals surface area contributed by atoms with Gasteiger partial charge in [0, 0.05) is 30.8 Å². The van der Waals surface area contributed by atoms with Crippen molar-refractivity contribution in [3.8, 4) is 11.8 Å². The Morgan fingerprint density at radius 3 is 2.24 bits per heavy atom. The minimum Gasteiger partial charge on any atom is -0.464 e. The Morgan fingerprint density at radius 2 is 1.67 bits per heavy atom. The predicted octanol–water partition coefficient (Wildman–Crippen LogP) is 3.84. The number of carbonyl (C=O) groups is 2. The van der Waals surface area contributed by atoms with Crippen molar-refractivity contribution in [2.45, 2.75) is 58.9 Å². The van der Waals surface area contributed by atoms with E-state index in [9.17, 15) is 18.0 Å². The van der Waals surface area contributed by atoms with Crippen LogP contribution in [0.2, 0.25) is 0 Å². The van der Waals surface area contributed by atoms with Gasteiger partial charge in [0.25, 0.3) is 0 Å². The fourth-order valence-corrected chi connectivity index (χ4v) is 4.51. The van der Waals surface area contributed by atoms with Crippen LogP contribution in [0.25, 0.3) is 11.0 Å². The Morgan fingerprint density at radius 1 is 1.03 bits per heavy atom. The van der Waals surface area contributed by atoms with Crippen LogP contribution in [-0.2, 0) is 19.6 Å². The normalized spacial score (nSPS) is 12.8. The Balaban J connectivity index is 2.37. The molecule has 2 aromatic rings. The van der Waals surface area contributed by atoms with E-state index in [0.717, 1.165) is 0 Å². The van der Waals surface area contributed by atoms with Gasteiger partial charge < -0.3 is 9.32 Å². The van der Waals surface area contributed by atoms with Crippen LogP contribution in [-0.4, -0.2) is 44.1 Å². The van der Waals surface area contributed by atoms with Crippen molar-refractivity contribution in [1.82, 2.24) is 9.62 Å². The van der Waals surface area contributed by atoms with Gasteiger partial charge in [0.2, 0.25) is 21.7 Å². The van der Waals surface area contributed by atoms with E-state index in [1.165, 1.54) is 18.4 Å². The summed E-state index contributed by atoms with van der Waals surface area (Å²) in [6.07, 6.45) is 1.38. The topological polar surface area (TPSA) is 96.7 Å². The van der Waals surface area contributed by atoms with Crippen LogP contribution < -0.4 is 4.72 Å². The number of hydrogen-bond donors (Lipinski definition) is 1. The second kappa shape index (κ2) is 11.5. The fourth-order valence-electron chi connectivity index (χ4n) is 3.29. The Kier molecular flexibility index (Phi) is 9.26. The molecule has 1 atom stereocenters. The predicted molar refractivity (Wildman–Crippen MR) is 129 cm³/mol. The number of carbonyl (C=O) groups excluding carboxylic acids is 2. The van der Waals surface area contributed by atoms with Crippen molar-refractivity contribution >= 4 is 32.7 Å². The number of sulfonamides is 1. The minimum atomic E-state index is -4.02. The van der Waals surface area contributed by atoms with Crippen LogP contribution in [0.1, 0.15) is 48.0 Å². The van der Waals surface area contributed by atoms with Crippen LogP contribution in [0.5, 0.6) is 0 Å². The molecule has 0 bridgehead atoms. The summed E-state index contributed by atoms with van der Waals surface area (Å²) in [4.78, 5) is 27.0. The van der Waals surface area contributed by atoms with E-state index in [1.807, 2.05) is 27.7 Å². The standard InChI is InChI=1S/C25H34N2O5S/c1-17(2)15-27(16-18(3)4)25(29)22(8-7-9-23(28)19(5)6)26-33(30,31)21-10-11-24-20(14-21)12-13-32-24/h10-14,17-19,22,26H,8,15-16H2,1-6H3/t22-/m0/s1. The number of furan rings is 1. The highest BCUT2D eigenvalue weighted by molar-refractivity contribution is 7.89. The minimum absolute atomic E-state index is 0.0275. The van der Waals surface area contributed by atoms with Crippen LogP contribution >= 0.6 is 0 Å². The highest BCUT2D eigenvalue weighted by atomic mass is 32.2. The van der Waals surface area contributed by atoms with Crippen LogP contribution in [0.3, 0.4) is 0 Å². The lowest BCUT2D eigenvalue weighted by atomic mass is 10.1. The van der Waals surface area contributed by atoms with Gasteiger partial charge in [-0.25, -0.2) is 8.42 Å². The molecule has 7 nitrogen and oxygen atoms in total. The first-order valence-corrected chi connectivity index (χ1v) is 12.7. The maximum atomic E-state index is 13.4. The number of ketones is 1. The van der Waals surface area contributed by atoms with E-state index in [1.54, 1.807) is 30.9 Å².